The zero-order valence-corrected chi connectivity index (χ0v) is 18.4. The third-order valence-corrected chi connectivity index (χ3v) is 5.24. The Bertz CT molecular complexity index is 713. The first-order chi connectivity index (χ1) is 13.1. The van der Waals surface area contributed by atoms with Gasteiger partial charge in [-0.2, -0.15) is 0 Å². The average Bonchev–Trinajstić information content (AvgIpc) is 2.60. The molecule has 0 saturated heterocycles. The van der Waals surface area contributed by atoms with E-state index in [1.807, 2.05) is 26.0 Å². The van der Waals surface area contributed by atoms with E-state index >= 15 is 0 Å². The van der Waals surface area contributed by atoms with E-state index in [-0.39, 0.29) is 29.1 Å². The lowest BCUT2D eigenvalue weighted by atomic mass is 9.80. The number of carbonyl (C=O) groups is 1. The second-order valence-electron chi connectivity index (χ2n) is 9.14. The van der Waals surface area contributed by atoms with Gasteiger partial charge in [-0.15, -0.1) is 0 Å². The molecule has 0 radical (unpaired) electrons. The Kier molecular flexibility index (Phi) is 7.56. The molecule has 1 aliphatic carbocycles. The molecule has 2 rings (SSSR count). The monoisotopic (exact) mass is 387 g/mol. The molecule has 1 aromatic carbocycles. The highest BCUT2D eigenvalue weighted by molar-refractivity contribution is 5.93. The quantitative estimate of drug-likeness (QED) is 0.600. The van der Waals surface area contributed by atoms with Gasteiger partial charge < -0.3 is 15.2 Å². The summed E-state index contributed by atoms with van der Waals surface area (Å²) in [6.45, 7) is 13.2. The maximum atomic E-state index is 12.5. The van der Waals surface area contributed by atoms with Crippen LogP contribution < -0.4 is 10.1 Å². The molecule has 1 aromatic rings. The van der Waals surface area contributed by atoms with Gasteiger partial charge in [0.1, 0.15) is 11.5 Å². The van der Waals surface area contributed by atoms with Crippen molar-refractivity contribution < 1.29 is 14.6 Å². The number of hydrogen-bond acceptors (Lipinski definition) is 3. The number of amides is 1. The number of benzene rings is 1. The van der Waals surface area contributed by atoms with Crippen molar-refractivity contribution in [2.75, 3.05) is 6.54 Å². The summed E-state index contributed by atoms with van der Waals surface area (Å²) in [6.07, 6.45) is 6.49. The molecule has 1 amide bonds. The first kappa shape index (κ1) is 22.3. The molecular formula is C24H37NO3. The summed E-state index contributed by atoms with van der Waals surface area (Å²) in [4.78, 5) is 12.5. The molecule has 1 aliphatic rings. The van der Waals surface area contributed by atoms with Crippen LogP contribution >= 0.6 is 0 Å². The molecule has 0 heterocycles. The molecule has 0 fully saturated rings. The highest BCUT2D eigenvalue weighted by atomic mass is 16.5. The van der Waals surface area contributed by atoms with Gasteiger partial charge in [0.05, 0.1) is 6.10 Å². The number of unbranched alkanes of at least 4 members (excludes halogenated alkanes) is 1. The SMILES string of the molecule is CCCCNC(=O)C1=CCC[C@H](c2c(O)cc(C(C)(C)C)cc2OC(C)C)C1. The van der Waals surface area contributed by atoms with Crippen molar-refractivity contribution in [2.45, 2.75) is 91.1 Å². The molecule has 0 aliphatic heterocycles. The van der Waals surface area contributed by atoms with Crippen LogP contribution in [0.4, 0.5) is 0 Å². The van der Waals surface area contributed by atoms with Crippen LogP contribution in [-0.2, 0) is 10.2 Å². The molecule has 4 nitrogen and oxygen atoms in total. The summed E-state index contributed by atoms with van der Waals surface area (Å²) >= 11 is 0. The van der Waals surface area contributed by atoms with Crippen molar-refractivity contribution in [1.29, 1.82) is 0 Å². The van der Waals surface area contributed by atoms with Crippen molar-refractivity contribution in [3.63, 3.8) is 0 Å². The Morgan fingerprint density at radius 3 is 2.64 bits per heavy atom. The predicted octanol–water partition coefficient (Wildman–Crippen LogP) is 5.59. The van der Waals surface area contributed by atoms with Gasteiger partial charge in [0.25, 0.3) is 0 Å². The van der Waals surface area contributed by atoms with E-state index in [9.17, 15) is 9.90 Å². The van der Waals surface area contributed by atoms with Gasteiger partial charge in [-0.3, -0.25) is 4.79 Å². The first-order valence-electron chi connectivity index (χ1n) is 10.6. The van der Waals surface area contributed by atoms with Crippen LogP contribution in [0.1, 0.15) is 90.7 Å². The smallest absolute Gasteiger partial charge is 0.246 e. The second kappa shape index (κ2) is 9.49. The van der Waals surface area contributed by atoms with Crippen LogP contribution in [-0.4, -0.2) is 23.7 Å². The van der Waals surface area contributed by atoms with Gasteiger partial charge in [-0.25, -0.2) is 0 Å². The van der Waals surface area contributed by atoms with E-state index in [1.54, 1.807) is 0 Å². The van der Waals surface area contributed by atoms with Crippen molar-refractivity contribution in [2.24, 2.45) is 0 Å². The zero-order chi connectivity index (χ0) is 20.9. The van der Waals surface area contributed by atoms with Crippen molar-refractivity contribution in [3.8, 4) is 11.5 Å². The minimum absolute atomic E-state index is 0.0179. The molecule has 0 bridgehead atoms. The fourth-order valence-electron chi connectivity index (χ4n) is 3.64. The molecule has 0 spiro atoms. The topological polar surface area (TPSA) is 58.6 Å². The molecule has 0 aromatic heterocycles. The number of phenolic OH excluding ortho intramolecular Hbond substituents is 1. The Morgan fingerprint density at radius 2 is 2.04 bits per heavy atom. The van der Waals surface area contributed by atoms with Gasteiger partial charge >= 0.3 is 0 Å². The van der Waals surface area contributed by atoms with Crippen molar-refractivity contribution in [1.82, 2.24) is 5.32 Å². The Labute approximate surface area is 170 Å². The van der Waals surface area contributed by atoms with Gasteiger partial charge in [-0.1, -0.05) is 40.2 Å². The van der Waals surface area contributed by atoms with E-state index in [1.165, 1.54) is 0 Å². The van der Waals surface area contributed by atoms with Crippen LogP contribution in [0.5, 0.6) is 11.5 Å². The average molecular weight is 388 g/mol. The van der Waals surface area contributed by atoms with E-state index in [0.717, 1.165) is 48.1 Å². The van der Waals surface area contributed by atoms with Crippen LogP contribution in [0.15, 0.2) is 23.8 Å². The van der Waals surface area contributed by atoms with E-state index in [4.69, 9.17) is 4.74 Å². The Hall–Kier alpha value is -1.97. The Balaban J connectivity index is 2.30. The number of nitrogens with one attached hydrogen (secondary N) is 1. The normalized spacial score (nSPS) is 17.4. The number of phenols is 1. The molecule has 1 atom stereocenters. The van der Waals surface area contributed by atoms with E-state index < -0.39 is 0 Å². The fraction of sp³-hybridized carbons (Fsp3) is 0.625. The summed E-state index contributed by atoms with van der Waals surface area (Å²) in [5, 5.41) is 13.9. The molecule has 0 saturated carbocycles. The molecule has 2 N–H and O–H groups in total. The summed E-state index contributed by atoms with van der Waals surface area (Å²) < 4.78 is 6.11. The molecule has 0 unspecified atom stereocenters. The fourth-order valence-corrected chi connectivity index (χ4v) is 3.64. The third kappa shape index (κ3) is 5.76. The lowest BCUT2D eigenvalue weighted by Crippen LogP contribution is -2.28. The molecule has 28 heavy (non-hydrogen) atoms. The summed E-state index contributed by atoms with van der Waals surface area (Å²) in [7, 11) is 0. The maximum absolute atomic E-state index is 12.5. The largest absolute Gasteiger partial charge is 0.508 e. The minimum Gasteiger partial charge on any atom is -0.508 e. The number of aromatic hydroxyl groups is 1. The highest BCUT2D eigenvalue weighted by Crippen LogP contribution is 2.45. The number of rotatable bonds is 7. The van der Waals surface area contributed by atoms with Crippen molar-refractivity contribution in [3.05, 3.63) is 34.9 Å². The standard InChI is InChI=1S/C24H37NO3/c1-7-8-12-25-23(27)18-11-9-10-17(13-18)22-20(26)14-19(24(4,5)6)15-21(22)28-16(2)3/h11,14-17,26H,7-10,12-13H2,1-6H3,(H,25,27)/t17-/m0/s1. The van der Waals surface area contributed by atoms with E-state index in [2.05, 4.69) is 39.1 Å². The van der Waals surface area contributed by atoms with Gasteiger partial charge in [-0.05, 0) is 68.6 Å². The van der Waals surface area contributed by atoms with Crippen LogP contribution in [0, 0.1) is 0 Å². The van der Waals surface area contributed by atoms with Crippen LogP contribution in [0.2, 0.25) is 0 Å². The lowest BCUT2D eigenvalue weighted by molar-refractivity contribution is -0.117. The number of ether oxygens (including phenoxy) is 1. The molecule has 4 heteroatoms. The highest BCUT2D eigenvalue weighted by Gasteiger charge is 2.28. The third-order valence-electron chi connectivity index (χ3n) is 5.24. The second-order valence-corrected chi connectivity index (χ2v) is 9.14. The molecular weight excluding hydrogens is 350 g/mol. The number of hydrogen-bond donors (Lipinski definition) is 2. The lowest BCUT2D eigenvalue weighted by Gasteiger charge is -2.28. The van der Waals surface area contributed by atoms with Crippen molar-refractivity contribution >= 4 is 5.91 Å². The first-order valence-corrected chi connectivity index (χ1v) is 10.6. The maximum Gasteiger partial charge on any atom is 0.246 e. The Morgan fingerprint density at radius 1 is 1.32 bits per heavy atom. The minimum atomic E-state index is -0.0815. The molecule has 156 valence electrons. The predicted molar refractivity (Wildman–Crippen MR) is 115 cm³/mol. The summed E-state index contributed by atoms with van der Waals surface area (Å²) in [5.74, 6) is 1.13. The van der Waals surface area contributed by atoms with E-state index in [0.29, 0.717) is 13.0 Å². The van der Waals surface area contributed by atoms with Gasteiger partial charge in [0.2, 0.25) is 5.91 Å². The number of allylic oxidation sites excluding steroid dienone is 1. The summed E-state index contributed by atoms with van der Waals surface area (Å²) in [5.41, 5.74) is 2.63. The zero-order valence-electron chi connectivity index (χ0n) is 18.4. The van der Waals surface area contributed by atoms with Crippen LogP contribution in [0.3, 0.4) is 0 Å². The van der Waals surface area contributed by atoms with Gasteiger partial charge in [0, 0.05) is 17.7 Å². The number of carbonyl (C=O) groups excluding carboxylic acids is 1. The summed E-state index contributed by atoms with van der Waals surface area (Å²) in [6, 6.07) is 3.93. The van der Waals surface area contributed by atoms with Gasteiger partial charge in [0.15, 0.2) is 0 Å². The van der Waals surface area contributed by atoms with Crippen LogP contribution in [0.25, 0.3) is 0 Å².